The second kappa shape index (κ2) is 3.95. The molecule has 4 N–H and O–H groups in total. The molecule has 0 saturated heterocycles. The number of guanidine groups is 1. The largest absolute Gasteiger partial charge is 0.370 e. The van der Waals surface area contributed by atoms with E-state index >= 15 is 0 Å². The van der Waals surface area contributed by atoms with E-state index in [1.807, 2.05) is 0 Å². The quantitative estimate of drug-likeness (QED) is 0.387. The van der Waals surface area contributed by atoms with E-state index in [2.05, 4.69) is 9.98 Å². The lowest BCUT2D eigenvalue weighted by Gasteiger charge is -1.95. The third kappa shape index (κ3) is 3.02. The van der Waals surface area contributed by atoms with E-state index in [0.717, 1.165) is 31.6 Å². The molecule has 62 valence electrons. The van der Waals surface area contributed by atoms with Gasteiger partial charge in [0.1, 0.15) is 5.84 Å². The van der Waals surface area contributed by atoms with Gasteiger partial charge in [0.25, 0.3) is 0 Å². The molecule has 0 aromatic carbocycles. The van der Waals surface area contributed by atoms with Crippen LogP contribution in [0.25, 0.3) is 0 Å². The van der Waals surface area contributed by atoms with Crippen molar-refractivity contribution in [1.29, 1.82) is 0 Å². The number of amidine groups is 1. The van der Waals surface area contributed by atoms with Crippen molar-refractivity contribution < 1.29 is 0 Å². The molecule has 1 heterocycles. The highest BCUT2D eigenvalue weighted by atomic mass is 15.0. The zero-order chi connectivity index (χ0) is 8.10. The first-order chi connectivity index (χ1) is 5.29. The van der Waals surface area contributed by atoms with E-state index in [4.69, 9.17) is 11.5 Å². The van der Waals surface area contributed by atoms with Gasteiger partial charge in [-0.25, -0.2) is 4.99 Å². The van der Waals surface area contributed by atoms with Gasteiger partial charge < -0.3 is 11.5 Å². The highest BCUT2D eigenvalue weighted by Crippen LogP contribution is 2.07. The molecule has 0 atom stereocenters. The highest BCUT2D eigenvalue weighted by Gasteiger charge is 2.01. The molecule has 0 aliphatic carbocycles. The maximum atomic E-state index is 5.22. The molecule has 4 heteroatoms. The predicted octanol–water partition coefficient (Wildman–Crippen LogP) is 0.232. The van der Waals surface area contributed by atoms with Crippen molar-refractivity contribution in [1.82, 2.24) is 0 Å². The van der Waals surface area contributed by atoms with E-state index in [1.54, 1.807) is 0 Å². The lowest BCUT2D eigenvalue weighted by Crippen LogP contribution is -2.24. The fourth-order valence-electron chi connectivity index (χ4n) is 1.10. The average molecular weight is 154 g/mol. The van der Waals surface area contributed by atoms with Gasteiger partial charge in [0.05, 0.1) is 0 Å². The van der Waals surface area contributed by atoms with Crippen LogP contribution in [0.1, 0.15) is 25.7 Å². The van der Waals surface area contributed by atoms with Gasteiger partial charge in [-0.05, 0) is 12.8 Å². The second-order valence-electron chi connectivity index (χ2n) is 2.65. The maximum Gasteiger partial charge on any atom is 0.192 e. The summed E-state index contributed by atoms with van der Waals surface area (Å²) in [5.41, 5.74) is 10.4. The van der Waals surface area contributed by atoms with Gasteiger partial charge in [0, 0.05) is 13.0 Å². The van der Waals surface area contributed by atoms with Gasteiger partial charge in [-0.15, -0.1) is 0 Å². The third-order valence-corrected chi connectivity index (χ3v) is 1.61. The van der Waals surface area contributed by atoms with Crippen molar-refractivity contribution >= 4 is 11.8 Å². The first kappa shape index (κ1) is 8.04. The lowest BCUT2D eigenvalue weighted by molar-refractivity contribution is 0.731. The molecule has 1 aliphatic heterocycles. The summed E-state index contributed by atoms with van der Waals surface area (Å²) in [5, 5.41) is 0. The molecule has 0 aromatic rings. The summed E-state index contributed by atoms with van der Waals surface area (Å²) in [5.74, 6) is 0.924. The Morgan fingerprint density at radius 1 is 1.27 bits per heavy atom. The lowest BCUT2D eigenvalue weighted by atomic mass is 10.2. The molecular weight excluding hydrogens is 140 g/mol. The molecule has 0 fully saturated rings. The van der Waals surface area contributed by atoms with Crippen LogP contribution in [0, 0.1) is 0 Å². The van der Waals surface area contributed by atoms with Crippen LogP contribution < -0.4 is 11.5 Å². The molecule has 0 bridgehead atoms. The summed E-state index contributed by atoms with van der Waals surface area (Å²) in [4.78, 5) is 8.15. The van der Waals surface area contributed by atoms with Crippen LogP contribution >= 0.6 is 0 Å². The summed E-state index contributed by atoms with van der Waals surface area (Å²) in [6.45, 7) is 0.867. The standard InChI is InChI=1S/C7H14N4/c8-7(9)11-6-4-2-1-3-5-10-6/h1-5H2,(H4,8,9,10,11). The first-order valence-corrected chi connectivity index (χ1v) is 3.92. The third-order valence-electron chi connectivity index (χ3n) is 1.61. The topological polar surface area (TPSA) is 76.8 Å². The van der Waals surface area contributed by atoms with Gasteiger partial charge >= 0.3 is 0 Å². The predicted molar refractivity (Wildman–Crippen MR) is 46.6 cm³/mol. The van der Waals surface area contributed by atoms with Crippen molar-refractivity contribution in [3.05, 3.63) is 0 Å². The number of nitrogens with zero attached hydrogens (tertiary/aromatic N) is 2. The average Bonchev–Trinajstić information content (AvgIpc) is 2.14. The Morgan fingerprint density at radius 2 is 2.09 bits per heavy atom. The van der Waals surface area contributed by atoms with Gasteiger partial charge in [0.15, 0.2) is 5.96 Å². The van der Waals surface area contributed by atoms with E-state index in [-0.39, 0.29) is 5.96 Å². The zero-order valence-corrected chi connectivity index (χ0v) is 6.58. The Balaban J connectivity index is 2.54. The maximum absolute atomic E-state index is 5.22. The van der Waals surface area contributed by atoms with Crippen LogP contribution in [0.3, 0.4) is 0 Å². The van der Waals surface area contributed by atoms with Crippen LogP contribution in [0.15, 0.2) is 9.98 Å². The highest BCUT2D eigenvalue weighted by molar-refractivity contribution is 5.94. The van der Waals surface area contributed by atoms with Crippen molar-refractivity contribution in [2.75, 3.05) is 6.54 Å². The van der Waals surface area contributed by atoms with Crippen LogP contribution in [0.4, 0.5) is 0 Å². The number of rotatable bonds is 0. The van der Waals surface area contributed by atoms with Crippen LogP contribution in [-0.2, 0) is 0 Å². The van der Waals surface area contributed by atoms with Crippen LogP contribution in [-0.4, -0.2) is 18.3 Å². The van der Waals surface area contributed by atoms with E-state index in [9.17, 15) is 0 Å². The SMILES string of the molecule is NC(N)=NC1=NCCCCC1. The molecule has 4 nitrogen and oxygen atoms in total. The Bertz CT molecular complexity index is 179. The van der Waals surface area contributed by atoms with Crippen molar-refractivity contribution in [2.45, 2.75) is 25.7 Å². The van der Waals surface area contributed by atoms with Crippen LogP contribution in [0.2, 0.25) is 0 Å². The number of nitrogens with two attached hydrogens (primary N) is 2. The minimum absolute atomic E-state index is 0.116. The molecule has 0 spiro atoms. The van der Waals surface area contributed by atoms with Crippen LogP contribution in [0.5, 0.6) is 0 Å². The number of aliphatic imine (C=N–C) groups is 2. The molecule has 11 heavy (non-hydrogen) atoms. The number of hydrogen-bond acceptors (Lipinski definition) is 2. The monoisotopic (exact) mass is 154 g/mol. The zero-order valence-electron chi connectivity index (χ0n) is 6.58. The molecule has 0 unspecified atom stereocenters. The summed E-state index contributed by atoms with van der Waals surface area (Å²) in [6.07, 6.45) is 4.45. The molecule has 1 aliphatic rings. The molecule has 0 amide bonds. The Kier molecular flexibility index (Phi) is 2.89. The fraction of sp³-hybridized carbons (Fsp3) is 0.714. The van der Waals surface area contributed by atoms with E-state index < -0.39 is 0 Å². The summed E-state index contributed by atoms with van der Waals surface area (Å²) >= 11 is 0. The summed E-state index contributed by atoms with van der Waals surface area (Å²) in [6, 6.07) is 0. The normalized spacial score (nSPS) is 18.4. The fourth-order valence-corrected chi connectivity index (χ4v) is 1.10. The minimum atomic E-state index is 0.116. The van der Waals surface area contributed by atoms with Crippen molar-refractivity contribution in [2.24, 2.45) is 21.5 Å². The second-order valence-corrected chi connectivity index (χ2v) is 2.65. The minimum Gasteiger partial charge on any atom is -0.370 e. The van der Waals surface area contributed by atoms with E-state index in [0.29, 0.717) is 0 Å². The molecule has 0 saturated carbocycles. The molecule has 0 radical (unpaired) electrons. The molecule has 1 rings (SSSR count). The summed E-state index contributed by atoms with van der Waals surface area (Å²) < 4.78 is 0. The first-order valence-electron chi connectivity index (χ1n) is 3.92. The van der Waals surface area contributed by atoms with Gasteiger partial charge in [-0.1, -0.05) is 6.42 Å². The molecule has 0 aromatic heterocycles. The Morgan fingerprint density at radius 3 is 2.82 bits per heavy atom. The van der Waals surface area contributed by atoms with Gasteiger partial charge in [-0.3, -0.25) is 4.99 Å². The van der Waals surface area contributed by atoms with Crippen molar-refractivity contribution in [3.8, 4) is 0 Å². The van der Waals surface area contributed by atoms with E-state index in [1.165, 1.54) is 6.42 Å². The smallest absolute Gasteiger partial charge is 0.192 e. The Hall–Kier alpha value is -1.06. The van der Waals surface area contributed by atoms with Gasteiger partial charge in [0.2, 0.25) is 0 Å². The number of hydrogen-bond donors (Lipinski definition) is 2. The van der Waals surface area contributed by atoms with Gasteiger partial charge in [-0.2, -0.15) is 0 Å². The Labute approximate surface area is 66.4 Å². The molecular formula is C7H14N4. The summed E-state index contributed by atoms with van der Waals surface area (Å²) in [7, 11) is 0. The van der Waals surface area contributed by atoms with Crippen molar-refractivity contribution in [3.63, 3.8) is 0 Å².